The predicted octanol–water partition coefficient (Wildman–Crippen LogP) is 3.57. The first-order valence-electron chi connectivity index (χ1n) is 7.67. The van der Waals surface area contributed by atoms with E-state index in [0.717, 1.165) is 10.0 Å². The van der Waals surface area contributed by atoms with Crippen molar-refractivity contribution in [3.8, 4) is 11.5 Å². The van der Waals surface area contributed by atoms with Crippen LogP contribution in [0.2, 0.25) is 0 Å². The number of rotatable bonds is 3. The Morgan fingerprint density at radius 2 is 1.84 bits per heavy atom. The fourth-order valence-electron chi connectivity index (χ4n) is 2.67. The van der Waals surface area contributed by atoms with Gasteiger partial charge in [0.1, 0.15) is 5.82 Å². The van der Waals surface area contributed by atoms with Crippen LogP contribution >= 0.6 is 15.9 Å². The second-order valence-electron chi connectivity index (χ2n) is 5.56. The molecule has 6 nitrogen and oxygen atoms in total. The molecule has 0 unspecified atom stereocenters. The summed E-state index contributed by atoms with van der Waals surface area (Å²) in [6, 6.07) is 14.9. The van der Waals surface area contributed by atoms with E-state index in [1.807, 2.05) is 42.5 Å². The molecule has 0 aliphatic heterocycles. The average molecular weight is 397 g/mol. The van der Waals surface area contributed by atoms with E-state index in [4.69, 9.17) is 4.52 Å². The van der Waals surface area contributed by atoms with Gasteiger partial charge in [0.15, 0.2) is 5.82 Å². The molecule has 0 N–H and O–H groups in total. The van der Waals surface area contributed by atoms with E-state index in [9.17, 15) is 4.79 Å². The van der Waals surface area contributed by atoms with E-state index in [-0.39, 0.29) is 12.1 Å². The number of nitrogens with zero attached hydrogens (tertiary/aromatic N) is 4. The monoisotopic (exact) mass is 396 g/mol. The highest BCUT2D eigenvalue weighted by molar-refractivity contribution is 9.10. The quantitative estimate of drug-likeness (QED) is 0.529. The SMILES string of the molecule is Cc1nc2ccccc2c(=O)n1Cc1noc(-c2ccccc2Br)n1. The van der Waals surface area contributed by atoms with Gasteiger partial charge in [-0.15, -0.1) is 0 Å². The third-order valence-corrected chi connectivity index (χ3v) is 4.62. The van der Waals surface area contributed by atoms with Gasteiger partial charge in [0.2, 0.25) is 0 Å². The van der Waals surface area contributed by atoms with Crippen LogP contribution in [0.5, 0.6) is 0 Å². The molecule has 0 radical (unpaired) electrons. The highest BCUT2D eigenvalue weighted by Crippen LogP contribution is 2.26. The molecule has 4 rings (SSSR count). The van der Waals surface area contributed by atoms with E-state index in [0.29, 0.717) is 28.4 Å². The third-order valence-electron chi connectivity index (χ3n) is 3.92. The number of aromatic nitrogens is 4. The Bertz CT molecular complexity index is 1130. The molecule has 0 fully saturated rings. The minimum Gasteiger partial charge on any atom is -0.334 e. The summed E-state index contributed by atoms with van der Waals surface area (Å²) in [5.74, 6) is 1.44. The van der Waals surface area contributed by atoms with E-state index < -0.39 is 0 Å². The lowest BCUT2D eigenvalue weighted by molar-refractivity contribution is 0.419. The van der Waals surface area contributed by atoms with Crippen molar-refractivity contribution < 1.29 is 4.52 Å². The molecule has 2 aromatic heterocycles. The summed E-state index contributed by atoms with van der Waals surface area (Å²) in [5.41, 5.74) is 1.38. The van der Waals surface area contributed by atoms with Gasteiger partial charge in [-0.2, -0.15) is 4.98 Å². The molecule has 0 aliphatic rings. The lowest BCUT2D eigenvalue weighted by Crippen LogP contribution is -2.24. The molecule has 2 heterocycles. The van der Waals surface area contributed by atoms with Crippen LogP contribution in [0.3, 0.4) is 0 Å². The zero-order valence-electron chi connectivity index (χ0n) is 13.3. The number of benzene rings is 2. The molecule has 0 saturated heterocycles. The Morgan fingerprint density at radius 3 is 2.68 bits per heavy atom. The van der Waals surface area contributed by atoms with Crippen LogP contribution in [0.4, 0.5) is 0 Å². The highest BCUT2D eigenvalue weighted by Gasteiger charge is 2.14. The fourth-order valence-corrected chi connectivity index (χ4v) is 3.12. The van der Waals surface area contributed by atoms with E-state index in [1.165, 1.54) is 0 Å². The Labute approximate surface area is 151 Å². The zero-order valence-corrected chi connectivity index (χ0v) is 14.9. The number of fused-ring (bicyclic) bond motifs is 1. The van der Waals surface area contributed by atoms with Gasteiger partial charge in [-0.05, 0) is 47.1 Å². The first-order valence-corrected chi connectivity index (χ1v) is 8.46. The molecule has 4 aromatic rings. The van der Waals surface area contributed by atoms with Crippen molar-refractivity contribution in [2.75, 3.05) is 0 Å². The molecular formula is C18H13BrN4O2. The van der Waals surface area contributed by atoms with Crippen molar-refractivity contribution in [1.82, 2.24) is 19.7 Å². The number of aryl methyl sites for hydroxylation is 1. The lowest BCUT2D eigenvalue weighted by Gasteiger charge is -2.08. The Kier molecular flexibility index (Phi) is 3.93. The number of hydrogen-bond acceptors (Lipinski definition) is 5. The van der Waals surface area contributed by atoms with Gasteiger partial charge in [-0.3, -0.25) is 9.36 Å². The van der Waals surface area contributed by atoms with Gasteiger partial charge < -0.3 is 4.52 Å². The van der Waals surface area contributed by atoms with Crippen molar-refractivity contribution >= 4 is 26.8 Å². The van der Waals surface area contributed by atoms with Crippen LogP contribution in [-0.2, 0) is 6.54 Å². The Morgan fingerprint density at radius 1 is 1.08 bits per heavy atom. The van der Waals surface area contributed by atoms with Crippen LogP contribution in [0, 0.1) is 6.92 Å². The molecule has 25 heavy (non-hydrogen) atoms. The van der Waals surface area contributed by atoms with Gasteiger partial charge in [-0.1, -0.05) is 29.4 Å². The summed E-state index contributed by atoms with van der Waals surface area (Å²) in [6.07, 6.45) is 0. The van der Waals surface area contributed by atoms with Gasteiger partial charge in [0.25, 0.3) is 11.4 Å². The van der Waals surface area contributed by atoms with Crippen LogP contribution in [-0.4, -0.2) is 19.7 Å². The van der Waals surface area contributed by atoms with E-state index in [1.54, 1.807) is 17.6 Å². The maximum Gasteiger partial charge on any atom is 0.261 e. The average Bonchev–Trinajstić information content (AvgIpc) is 3.07. The van der Waals surface area contributed by atoms with Crippen molar-refractivity contribution in [3.63, 3.8) is 0 Å². The van der Waals surface area contributed by atoms with Gasteiger partial charge >= 0.3 is 0 Å². The second-order valence-corrected chi connectivity index (χ2v) is 6.42. The Balaban J connectivity index is 1.73. The van der Waals surface area contributed by atoms with E-state index in [2.05, 4.69) is 31.1 Å². The maximum absolute atomic E-state index is 12.7. The fraction of sp³-hybridized carbons (Fsp3) is 0.111. The van der Waals surface area contributed by atoms with Crippen LogP contribution in [0.1, 0.15) is 11.6 Å². The smallest absolute Gasteiger partial charge is 0.261 e. The molecule has 0 atom stereocenters. The van der Waals surface area contributed by atoms with Gasteiger partial charge in [0.05, 0.1) is 23.0 Å². The zero-order chi connectivity index (χ0) is 17.4. The van der Waals surface area contributed by atoms with Crippen LogP contribution in [0.25, 0.3) is 22.4 Å². The second kappa shape index (κ2) is 6.25. The molecule has 0 amide bonds. The Hall–Kier alpha value is -2.80. The number of hydrogen-bond donors (Lipinski definition) is 0. The summed E-state index contributed by atoms with van der Waals surface area (Å²) < 4.78 is 7.76. The standard InChI is InChI=1S/C18H13BrN4O2/c1-11-20-15-9-5-3-7-13(15)18(24)23(11)10-16-21-17(25-22-16)12-6-2-4-8-14(12)19/h2-9H,10H2,1H3. The number of halogens is 1. The minimum absolute atomic E-state index is 0.115. The minimum atomic E-state index is -0.115. The number of para-hydroxylation sites is 1. The highest BCUT2D eigenvalue weighted by atomic mass is 79.9. The largest absolute Gasteiger partial charge is 0.334 e. The third kappa shape index (κ3) is 2.87. The molecule has 0 saturated carbocycles. The molecule has 0 aliphatic carbocycles. The molecule has 7 heteroatoms. The molecule has 2 aromatic carbocycles. The van der Waals surface area contributed by atoms with Crippen molar-refractivity contribution in [1.29, 1.82) is 0 Å². The predicted molar refractivity (Wildman–Crippen MR) is 97.3 cm³/mol. The first kappa shape index (κ1) is 15.7. The van der Waals surface area contributed by atoms with Crippen molar-refractivity contribution in [2.45, 2.75) is 13.5 Å². The van der Waals surface area contributed by atoms with Crippen LogP contribution in [0.15, 0.2) is 62.3 Å². The summed E-state index contributed by atoms with van der Waals surface area (Å²) in [5, 5.41) is 4.57. The lowest BCUT2D eigenvalue weighted by atomic mass is 10.2. The summed E-state index contributed by atoms with van der Waals surface area (Å²) in [4.78, 5) is 21.6. The maximum atomic E-state index is 12.7. The first-order chi connectivity index (χ1) is 12.1. The molecule has 0 spiro atoms. The van der Waals surface area contributed by atoms with Gasteiger partial charge in [-0.25, -0.2) is 4.98 Å². The van der Waals surface area contributed by atoms with Gasteiger partial charge in [0, 0.05) is 4.47 Å². The summed E-state index contributed by atoms with van der Waals surface area (Å²) >= 11 is 3.47. The van der Waals surface area contributed by atoms with Crippen LogP contribution < -0.4 is 5.56 Å². The van der Waals surface area contributed by atoms with Crippen molar-refractivity contribution in [3.05, 3.63) is 75.0 Å². The normalized spacial score (nSPS) is 11.1. The molecule has 0 bridgehead atoms. The van der Waals surface area contributed by atoms with Crippen molar-refractivity contribution in [2.24, 2.45) is 0 Å². The molecular weight excluding hydrogens is 384 g/mol. The molecule has 124 valence electrons. The summed E-state index contributed by atoms with van der Waals surface area (Å²) in [7, 11) is 0. The summed E-state index contributed by atoms with van der Waals surface area (Å²) in [6.45, 7) is 2.00. The van der Waals surface area contributed by atoms with E-state index >= 15 is 0 Å². The topological polar surface area (TPSA) is 73.8 Å².